The Labute approximate surface area is 205 Å². The minimum atomic E-state index is -2.89. The fourth-order valence-corrected chi connectivity index (χ4v) is 5.51. The molecule has 1 aliphatic heterocycles. The number of benzene rings is 1. The number of pyridine rings is 1. The summed E-state index contributed by atoms with van der Waals surface area (Å²) in [5.74, 6) is 1.93. The van der Waals surface area contributed by atoms with Crippen LogP contribution in [0, 0.1) is 12.7 Å². The van der Waals surface area contributed by atoms with Gasteiger partial charge in [-0.25, -0.2) is 23.1 Å². The Kier molecular flexibility index (Phi) is 8.20. The third-order valence-corrected chi connectivity index (χ3v) is 7.53. The molecule has 6 nitrogen and oxygen atoms in total. The molecular formula is C25H29F3N4O2S. The summed E-state index contributed by atoms with van der Waals surface area (Å²) in [7, 11) is -0.802. The number of nitrogens with zero attached hydrogens (tertiary/aromatic N) is 3. The van der Waals surface area contributed by atoms with Gasteiger partial charge in [-0.15, -0.1) is 0 Å². The summed E-state index contributed by atoms with van der Waals surface area (Å²) in [6.07, 6.45) is 0.534. The molecule has 35 heavy (non-hydrogen) atoms. The lowest BCUT2D eigenvalue weighted by Gasteiger charge is -2.24. The zero-order chi connectivity index (χ0) is 24.9. The van der Waals surface area contributed by atoms with E-state index < -0.39 is 28.6 Å². The van der Waals surface area contributed by atoms with Crippen molar-refractivity contribution in [3.8, 4) is 5.88 Å². The molecule has 2 aromatic heterocycles. The van der Waals surface area contributed by atoms with Crippen molar-refractivity contribution in [2.45, 2.75) is 58.4 Å². The molecule has 4 rings (SSSR count). The van der Waals surface area contributed by atoms with Gasteiger partial charge in [-0.05, 0) is 38.2 Å². The summed E-state index contributed by atoms with van der Waals surface area (Å²) in [5, 5.41) is 3.74. The number of nitrogens with one attached hydrogen (secondary N) is 1. The van der Waals surface area contributed by atoms with Crippen LogP contribution in [0.15, 0.2) is 24.3 Å². The highest BCUT2D eigenvalue weighted by Crippen LogP contribution is 2.36. The van der Waals surface area contributed by atoms with E-state index in [0.29, 0.717) is 46.7 Å². The van der Waals surface area contributed by atoms with Crippen LogP contribution in [0.1, 0.15) is 67.5 Å². The van der Waals surface area contributed by atoms with Gasteiger partial charge >= 0.3 is 0 Å². The second-order valence-corrected chi connectivity index (χ2v) is 10.4. The van der Waals surface area contributed by atoms with E-state index in [4.69, 9.17) is 9.72 Å². The summed E-state index contributed by atoms with van der Waals surface area (Å²) < 4.78 is 58.7. The van der Waals surface area contributed by atoms with Gasteiger partial charge in [0.15, 0.2) is 5.65 Å². The molecule has 1 N–H and O–H groups in total. The SMILES string of the molecule is CCCCOc1nc2nc(C)nc(NCc3cccc(C(F)F)c3F)c2cc1C1CCS(=O)CC1. The Morgan fingerprint density at radius 2 is 1.97 bits per heavy atom. The number of rotatable bonds is 9. The van der Waals surface area contributed by atoms with Crippen LogP contribution in [-0.4, -0.2) is 37.3 Å². The molecular weight excluding hydrogens is 477 g/mol. The highest BCUT2D eigenvalue weighted by molar-refractivity contribution is 7.85. The van der Waals surface area contributed by atoms with E-state index in [1.165, 1.54) is 12.1 Å². The number of hydrogen-bond donors (Lipinski definition) is 1. The van der Waals surface area contributed by atoms with Crippen molar-refractivity contribution in [3.63, 3.8) is 0 Å². The largest absolute Gasteiger partial charge is 0.477 e. The van der Waals surface area contributed by atoms with E-state index >= 15 is 0 Å². The van der Waals surface area contributed by atoms with Gasteiger partial charge in [0.25, 0.3) is 6.43 Å². The summed E-state index contributed by atoms with van der Waals surface area (Å²) in [4.78, 5) is 13.7. The van der Waals surface area contributed by atoms with Crippen LogP contribution >= 0.6 is 0 Å². The zero-order valence-electron chi connectivity index (χ0n) is 19.8. The quantitative estimate of drug-likeness (QED) is 0.368. The number of anilines is 1. The Morgan fingerprint density at radius 3 is 2.69 bits per heavy atom. The minimum Gasteiger partial charge on any atom is -0.477 e. The van der Waals surface area contributed by atoms with Crippen molar-refractivity contribution >= 4 is 27.7 Å². The van der Waals surface area contributed by atoms with Crippen LogP contribution in [0.4, 0.5) is 19.0 Å². The van der Waals surface area contributed by atoms with Gasteiger partial charge in [-0.3, -0.25) is 4.21 Å². The molecule has 0 unspecified atom stereocenters. The summed E-state index contributed by atoms with van der Waals surface area (Å²) in [5.41, 5.74) is 0.860. The number of ether oxygens (including phenoxy) is 1. The first kappa shape index (κ1) is 25.3. The molecule has 1 aromatic carbocycles. The molecule has 1 aliphatic rings. The summed E-state index contributed by atoms with van der Waals surface area (Å²) in [6.45, 7) is 4.33. The van der Waals surface area contributed by atoms with E-state index in [1.54, 1.807) is 6.92 Å². The van der Waals surface area contributed by atoms with Gasteiger partial charge in [0.1, 0.15) is 17.5 Å². The number of aryl methyl sites for hydroxylation is 1. The Balaban J connectivity index is 1.70. The molecule has 3 aromatic rings. The van der Waals surface area contributed by atoms with Crippen molar-refractivity contribution < 1.29 is 22.1 Å². The van der Waals surface area contributed by atoms with Gasteiger partial charge in [0, 0.05) is 40.0 Å². The molecule has 0 amide bonds. The van der Waals surface area contributed by atoms with Crippen molar-refractivity contribution in [2.75, 3.05) is 23.4 Å². The standard InChI is InChI=1S/C25H29F3N4O2S/c1-3-4-10-34-25-19(16-8-11-35(33)12-9-16)13-20-23(30-15(2)31-24(20)32-25)29-14-17-6-5-7-18(21(17)26)22(27)28/h5-7,13,16,22H,3-4,8-12,14H2,1-2H3,(H,29,30,31,32). The number of unbranched alkanes of at least 4 members (excludes halogenated alkanes) is 1. The van der Waals surface area contributed by atoms with Crippen LogP contribution < -0.4 is 10.1 Å². The van der Waals surface area contributed by atoms with Crippen molar-refractivity contribution in [1.82, 2.24) is 15.0 Å². The zero-order valence-corrected chi connectivity index (χ0v) is 20.6. The van der Waals surface area contributed by atoms with Gasteiger partial charge in [0.05, 0.1) is 17.6 Å². The molecule has 1 saturated heterocycles. The number of hydrogen-bond acceptors (Lipinski definition) is 6. The second-order valence-electron chi connectivity index (χ2n) is 8.67. The third kappa shape index (κ3) is 5.91. The average Bonchev–Trinajstić information content (AvgIpc) is 2.83. The van der Waals surface area contributed by atoms with Crippen LogP contribution in [0.3, 0.4) is 0 Å². The molecule has 0 spiro atoms. The lowest BCUT2D eigenvalue weighted by atomic mass is 9.93. The molecule has 0 bridgehead atoms. The second kappa shape index (κ2) is 11.3. The summed E-state index contributed by atoms with van der Waals surface area (Å²) >= 11 is 0. The van der Waals surface area contributed by atoms with Crippen molar-refractivity contribution in [1.29, 1.82) is 0 Å². The highest BCUT2D eigenvalue weighted by Gasteiger charge is 2.25. The van der Waals surface area contributed by atoms with Gasteiger partial charge < -0.3 is 10.1 Å². The van der Waals surface area contributed by atoms with Gasteiger partial charge in [-0.2, -0.15) is 4.98 Å². The van der Waals surface area contributed by atoms with E-state index in [1.807, 2.05) is 6.07 Å². The Morgan fingerprint density at radius 1 is 1.20 bits per heavy atom. The van der Waals surface area contributed by atoms with Crippen LogP contribution in [0.25, 0.3) is 11.0 Å². The molecule has 0 saturated carbocycles. The van der Waals surface area contributed by atoms with E-state index in [-0.39, 0.29) is 18.0 Å². The van der Waals surface area contributed by atoms with Crippen LogP contribution in [0.2, 0.25) is 0 Å². The first-order valence-electron chi connectivity index (χ1n) is 11.8. The average molecular weight is 507 g/mol. The predicted octanol–water partition coefficient (Wildman–Crippen LogP) is 5.83. The van der Waals surface area contributed by atoms with Crippen LogP contribution in [0.5, 0.6) is 5.88 Å². The first-order valence-corrected chi connectivity index (χ1v) is 13.3. The Hall–Kier alpha value is -2.75. The number of fused-ring (bicyclic) bond motifs is 1. The molecule has 0 atom stereocenters. The van der Waals surface area contributed by atoms with E-state index in [0.717, 1.165) is 37.3 Å². The molecule has 1 fully saturated rings. The van der Waals surface area contributed by atoms with E-state index in [9.17, 15) is 17.4 Å². The number of halogens is 3. The lowest BCUT2D eigenvalue weighted by molar-refractivity contribution is 0.146. The maximum Gasteiger partial charge on any atom is 0.266 e. The summed E-state index contributed by atoms with van der Waals surface area (Å²) in [6, 6.07) is 5.92. The normalized spacial score (nSPS) is 18.2. The van der Waals surface area contributed by atoms with E-state index in [2.05, 4.69) is 22.2 Å². The lowest BCUT2D eigenvalue weighted by Crippen LogP contribution is -2.18. The van der Waals surface area contributed by atoms with Crippen molar-refractivity contribution in [2.24, 2.45) is 0 Å². The fourth-order valence-electron chi connectivity index (χ4n) is 4.21. The van der Waals surface area contributed by atoms with Crippen LogP contribution in [-0.2, 0) is 17.3 Å². The molecule has 0 radical (unpaired) electrons. The number of alkyl halides is 2. The maximum absolute atomic E-state index is 14.6. The maximum atomic E-state index is 14.6. The predicted molar refractivity (Wildman–Crippen MR) is 131 cm³/mol. The highest BCUT2D eigenvalue weighted by atomic mass is 32.2. The molecule has 3 heterocycles. The molecule has 0 aliphatic carbocycles. The smallest absolute Gasteiger partial charge is 0.266 e. The minimum absolute atomic E-state index is 0.0234. The third-order valence-electron chi connectivity index (χ3n) is 6.15. The van der Waals surface area contributed by atoms with Gasteiger partial charge in [-0.1, -0.05) is 31.5 Å². The number of aromatic nitrogens is 3. The van der Waals surface area contributed by atoms with Gasteiger partial charge in [0.2, 0.25) is 5.88 Å². The monoisotopic (exact) mass is 506 g/mol. The topological polar surface area (TPSA) is 77.0 Å². The molecule has 188 valence electrons. The first-order chi connectivity index (χ1) is 16.9. The Bertz CT molecular complexity index is 1220. The molecule has 10 heteroatoms. The van der Waals surface area contributed by atoms with Crippen molar-refractivity contribution in [3.05, 3.63) is 52.6 Å². The fraction of sp³-hybridized carbons (Fsp3) is 0.480.